The maximum atomic E-state index is 12.0. The van der Waals surface area contributed by atoms with Gasteiger partial charge in [0.2, 0.25) is 0 Å². The zero-order valence-corrected chi connectivity index (χ0v) is 14.0. The number of amides is 2. The normalized spacial score (nSPS) is 14.5. The van der Waals surface area contributed by atoms with E-state index in [1.165, 1.54) is 30.4 Å². The van der Waals surface area contributed by atoms with Crippen LogP contribution in [0.25, 0.3) is 0 Å². The Morgan fingerprint density at radius 1 is 1.08 bits per heavy atom. The summed E-state index contributed by atoms with van der Waals surface area (Å²) in [6.07, 6.45) is 4.85. The van der Waals surface area contributed by atoms with Gasteiger partial charge in [-0.25, -0.2) is 10.3 Å². The molecule has 0 aromatic heterocycles. The first-order valence-corrected chi connectivity index (χ1v) is 8.56. The molecular formula is C20H24N2O2. The molecule has 2 aromatic rings. The predicted molar refractivity (Wildman–Crippen MR) is 94.4 cm³/mol. The van der Waals surface area contributed by atoms with Crippen LogP contribution in [0.15, 0.2) is 48.5 Å². The zero-order chi connectivity index (χ0) is 16.8. The quantitative estimate of drug-likeness (QED) is 0.815. The van der Waals surface area contributed by atoms with Crippen LogP contribution in [0.5, 0.6) is 0 Å². The van der Waals surface area contributed by atoms with E-state index in [0.717, 1.165) is 17.5 Å². The van der Waals surface area contributed by atoms with Crippen LogP contribution >= 0.6 is 0 Å². The number of rotatable bonds is 5. The molecule has 126 valence electrons. The Balaban J connectivity index is 1.49. The first-order chi connectivity index (χ1) is 11.7. The van der Waals surface area contributed by atoms with E-state index in [2.05, 4.69) is 29.0 Å². The van der Waals surface area contributed by atoms with Crippen molar-refractivity contribution in [2.45, 2.75) is 45.3 Å². The lowest BCUT2D eigenvalue weighted by Crippen LogP contribution is -2.37. The van der Waals surface area contributed by atoms with Gasteiger partial charge in [-0.1, -0.05) is 48.5 Å². The van der Waals surface area contributed by atoms with Crippen LogP contribution in [-0.4, -0.2) is 6.03 Å². The van der Waals surface area contributed by atoms with Crippen LogP contribution < -0.4 is 10.8 Å². The number of benzene rings is 2. The summed E-state index contributed by atoms with van der Waals surface area (Å²) < 4.78 is 0. The molecule has 2 N–H and O–H groups in total. The van der Waals surface area contributed by atoms with E-state index in [0.29, 0.717) is 6.61 Å². The average molecular weight is 324 g/mol. The highest BCUT2D eigenvalue weighted by molar-refractivity contribution is 5.73. The fourth-order valence-electron chi connectivity index (χ4n) is 3.09. The van der Waals surface area contributed by atoms with Crippen LogP contribution in [0.4, 0.5) is 4.79 Å². The van der Waals surface area contributed by atoms with E-state index in [-0.39, 0.29) is 12.1 Å². The second-order valence-electron chi connectivity index (χ2n) is 6.31. The second kappa shape index (κ2) is 7.97. The van der Waals surface area contributed by atoms with E-state index in [4.69, 9.17) is 4.84 Å². The molecule has 1 unspecified atom stereocenters. The van der Waals surface area contributed by atoms with E-state index in [9.17, 15) is 4.79 Å². The molecule has 1 aliphatic carbocycles. The number of hydroxylamine groups is 1. The number of hydrogen-bond acceptors (Lipinski definition) is 2. The van der Waals surface area contributed by atoms with Crippen molar-refractivity contribution in [2.75, 3.05) is 0 Å². The highest BCUT2D eigenvalue weighted by Gasteiger charge is 2.14. The number of hydrogen-bond donors (Lipinski definition) is 2. The van der Waals surface area contributed by atoms with Gasteiger partial charge in [-0.2, -0.15) is 0 Å². The molecule has 24 heavy (non-hydrogen) atoms. The average Bonchev–Trinajstić information content (AvgIpc) is 2.62. The van der Waals surface area contributed by atoms with Crippen LogP contribution in [0.2, 0.25) is 0 Å². The van der Waals surface area contributed by atoms with Gasteiger partial charge < -0.3 is 5.32 Å². The predicted octanol–water partition coefficient (Wildman–Crippen LogP) is 4.06. The van der Waals surface area contributed by atoms with Gasteiger partial charge in [0.05, 0.1) is 12.6 Å². The molecule has 0 heterocycles. The van der Waals surface area contributed by atoms with Crippen molar-refractivity contribution < 1.29 is 9.63 Å². The fourth-order valence-corrected chi connectivity index (χ4v) is 3.09. The maximum absolute atomic E-state index is 12.0. The van der Waals surface area contributed by atoms with Crippen molar-refractivity contribution in [2.24, 2.45) is 0 Å². The molecule has 2 amide bonds. The monoisotopic (exact) mass is 324 g/mol. The van der Waals surface area contributed by atoms with Crippen molar-refractivity contribution in [1.82, 2.24) is 10.8 Å². The van der Waals surface area contributed by atoms with Gasteiger partial charge in [0.1, 0.15) is 0 Å². The molecule has 4 nitrogen and oxygen atoms in total. The SMILES string of the molecule is CC(NC(=O)NOCc1ccccc1)c1ccc2c(c1)CCCC2. The van der Waals surface area contributed by atoms with E-state index in [1.807, 2.05) is 37.3 Å². The standard InChI is InChI=1S/C20H24N2O2/c1-15(18-12-11-17-9-5-6-10-19(17)13-18)21-20(23)22-24-14-16-7-3-2-4-8-16/h2-4,7-8,11-13,15H,5-6,9-10,14H2,1H3,(H2,21,22,23). The first-order valence-electron chi connectivity index (χ1n) is 8.56. The first kappa shape index (κ1) is 16.5. The van der Waals surface area contributed by atoms with Gasteiger partial charge in [0, 0.05) is 0 Å². The van der Waals surface area contributed by atoms with Gasteiger partial charge in [-0.3, -0.25) is 4.84 Å². The second-order valence-corrected chi connectivity index (χ2v) is 6.31. The number of carbonyl (C=O) groups is 1. The van der Waals surface area contributed by atoms with Gasteiger partial charge in [-0.15, -0.1) is 0 Å². The molecule has 1 atom stereocenters. The lowest BCUT2D eigenvalue weighted by Gasteiger charge is -2.20. The summed E-state index contributed by atoms with van der Waals surface area (Å²) in [4.78, 5) is 17.2. The van der Waals surface area contributed by atoms with E-state index in [1.54, 1.807) is 0 Å². The Morgan fingerprint density at radius 2 is 1.83 bits per heavy atom. The molecule has 0 saturated heterocycles. The third kappa shape index (κ3) is 4.36. The molecule has 2 aromatic carbocycles. The minimum Gasteiger partial charge on any atom is -0.330 e. The van der Waals surface area contributed by atoms with Gasteiger partial charge in [0.15, 0.2) is 0 Å². The molecule has 1 aliphatic rings. The Morgan fingerprint density at radius 3 is 2.62 bits per heavy atom. The van der Waals surface area contributed by atoms with Crippen molar-refractivity contribution >= 4 is 6.03 Å². The third-order valence-electron chi connectivity index (χ3n) is 4.47. The van der Waals surface area contributed by atoms with Crippen molar-refractivity contribution in [3.05, 3.63) is 70.8 Å². The summed E-state index contributed by atoms with van der Waals surface area (Å²) >= 11 is 0. The summed E-state index contributed by atoms with van der Waals surface area (Å²) in [7, 11) is 0. The van der Waals surface area contributed by atoms with E-state index < -0.39 is 0 Å². The molecule has 0 radical (unpaired) electrons. The van der Waals surface area contributed by atoms with Crippen LogP contribution in [0, 0.1) is 0 Å². The summed E-state index contributed by atoms with van der Waals surface area (Å²) in [5.41, 5.74) is 7.47. The molecule has 0 spiro atoms. The number of fused-ring (bicyclic) bond motifs is 1. The van der Waals surface area contributed by atoms with Gasteiger partial charge in [0.25, 0.3) is 0 Å². The van der Waals surface area contributed by atoms with Gasteiger partial charge >= 0.3 is 6.03 Å². The van der Waals surface area contributed by atoms with Crippen LogP contribution in [-0.2, 0) is 24.3 Å². The number of urea groups is 1. The number of nitrogens with one attached hydrogen (secondary N) is 2. The fraction of sp³-hybridized carbons (Fsp3) is 0.350. The largest absolute Gasteiger partial charge is 0.339 e. The summed E-state index contributed by atoms with van der Waals surface area (Å²) in [5.74, 6) is 0. The lowest BCUT2D eigenvalue weighted by atomic mass is 9.89. The molecule has 0 aliphatic heterocycles. The van der Waals surface area contributed by atoms with Crippen LogP contribution in [0.1, 0.15) is 48.1 Å². The van der Waals surface area contributed by atoms with Crippen molar-refractivity contribution in [3.8, 4) is 0 Å². The Labute approximate surface area is 143 Å². The Bertz CT molecular complexity index is 685. The smallest absolute Gasteiger partial charge is 0.330 e. The molecule has 0 bridgehead atoms. The zero-order valence-electron chi connectivity index (χ0n) is 14.0. The summed E-state index contributed by atoms with van der Waals surface area (Å²) in [5, 5.41) is 2.91. The van der Waals surface area contributed by atoms with Crippen LogP contribution in [0.3, 0.4) is 0 Å². The summed E-state index contributed by atoms with van der Waals surface area (Å²) in [6, 6.07) is 15.9. The lowest BCUT2D eigenvalue weighted by molar-refractivity contribution is 0.0483. The maximum Gasteiger partial charge on any atom is 0.339 e. The molecular weight excluding hydrogens is 300 g/mol. The Kier molecular flexibility index (Phi) is 5.49. The minimum atomic E-state index is -0.323. The third-order valence-corrected chi connectivity index (χ3v) is 4.47. The Hall–Kier alpha value is -2.33. The summed E-state index contributed by atoms with van der Waals surface area (Å²) in [6.45, 7) is 2.34. The molecule has 3 rings (SSSR count). The van der Waals surface area contributed by atoms with Crippen molar-refractivity contribution in [1.29, 1.82) is 0 Å². The topological polar surface area (TPSA) is 50.4 Å². The molecule has 0 saturated carbocycles. The highest BCUT2D eigenvalue weighted by Crippen LogP contribution is 2.24. The van der Waals surface area contributed by atoms with E-state index >= 15 is 0 Å². The number of carbonyl (C=O) groups excluding carboxylic acids is 1. The highest BCUT2D eigenvalue weighted by atomic mass is 16.7. The minimum absolute atomic E-state index is 0.0578. The molecule has 4 heteroatoms. The number of aryl methyl sites for hydroxylation is 2. The van der Waals surface area contributed by atoms with Gasteiger partial charge in [-0.05, 0) is 54.9 Å². The van der Waals surface area contributed by atoms with Crippen molar-refractivity contribution in [3.63, 3.8) is 0 Å². The molecule has 0 fully saturated rings.